The molecule has 2 aromatic rings. The fourth-order valence-electron chi connectivity index (χ4n) is 1.71. The quantitative estimate of drug-likeness (QED) is 0.940. The first kappa shape index (κ1) is 14.6. The SMILES string of the molecule is N#Cc1cc(COc2c(Cl)cc(Cl)cc2CN)ccn1. The third-order valence-corrected chi connectivity index (χ3v) is 3.13. The highest BCUT2D eigenvalue weighted by atomic mass is 35.5. The van der Waals surface area contributed by atoms with Crippen LogP contribution in [0.2, 0.25) is 10.0 Å². The van der Waals surface area contributed by atoms with Gasteiger partial charge in [0.1, 0.15) is 24.1 Å². The van der Waals surface area contributed by atoms with Crippen molar-refractivity contribution in [3.05, 3.63) is 57.3 Å². The lowest BCUT2D eigenvalue weighted by molar-refractivity contribution is 0.303. The van der Waals surface area contributed by atoms with Crippen LogP contribution in [0.4, 0.5) is 0 Å². The maximum Gasteiger partial charge on any atom is 0.142 e. The average Bonchev–Trinajstić information content (AvgIpc) is 2.45. The molecule has 20 heavy (non-hydrogen) atoms. The van der Waals surface area contributed by atoms with E-state index in [0.29, 0.717) is 21.5 Å². The zero-order chi connectivity index (χ0) is 14.5. The average molecular weight is 308 g/mol. The molecule has 0 fully saturated rings. The van der Waals surface area contributed by atoms with Gasteiger partial charge in [-0.1, -0.05) is 23.2 Å². The standard InChI is InChI=1S/C14H11Cl2N3O/c15-11-4-10(6-17)14(13(16)5-11)20-8-9-1-2-19-12(3-9)7-18/h1-5H,6,8,17H2. The predicted molar refractivity (Wildman–Crippen MR) is 77.6 cm³/mol. The van der Waals surface area contributed by atoms with Gasteiger partial charge in [0.05, 0.1) is 5.02 Å². The zero-order valence-electron chi connectivity index (χ0n) is 10.4. The summed E-state index contributed by atoms with van der Waals surface area (Å²) in [6, 6.07) is 8.73. The van der Waals surface area contributed by atoms with E-state index in [-0.39, 0.29) is 13.2 Å². The molecule has 102 valence electrons. The molecule has 0 spiro atoms. The summed E-state index contributed by atoms with van der Waals surface area (Å²) >= 11 is 12.0. The Balaban J connectivity index is 2.20. The maximum absolute atomic E-state index is 8.80. The molecule has 1 aromatic carbocycles. The molecular formula is C14H11Cl2N3O. The maximum atomic E-state index is 8.80. The Morgan fingerprint density at radius 2 is 2.10 bits per heavy atom. The normalized spacial score (nSPS) is 10.1. The second kappa shape index (κ2) is 6.58. The summed E-state index contributed by atoms with van der Waals surface area (Å²) in [5.41, 5.74) is 7.55. The Labute approximate surface area is 126 Å². The summed E-state index contributed by atoms with van der Waals surface area (Å²) < 4.78 is 5.69. The molecule has 6 heteroatoms. The first-order chi connectivity index (χ1) is 9.63. The molecule has 2 rings (SSSR count). The second-order valence-corrected chi connectivity index (χ2v) is 4.87. The van der Waals surface area contributed by atoms with Gasteiger partial charge >= 0.3 is 0 Å². The lowest BCUT2D eigenvalue weighted by Gasteiger charge is -2.13. The van der Waals surface area contributed by atoms with E-state index in [2.05, 4.69) is 4.98 Å². The lowest BCUT2D eigenvalue weighted by atomic mass is 10.2. The second-order valence-electron chi connectivity index (χ2n) is 4.03. The summed E-state index contributed by atoms with van der Waals surface area (Å²) in [4.78, 5) is 3.90. The van der Waals surface area contributed by atoms with Crippen LogP contribution >= 0.6 is 23.2 Å². The molecule has 0 aliphatic heterocycles. The number of halogens is 2. The Morgan fingerprint density at radius 3 is 2.80 bits per heavy atom. The fraction of sp³-hybridized carbons (Fsp3) is 0.143. The molecule has 0 aliphatic carbocycles. The van der Waals surface area contributed by atoms with Crippen molar-refractivity contribution >= 4 is 23.2 Å². The van der Waals surface area contributed by atoms with E-state index in [0.717, 1.165) is 11.1 Å². The summed E-state index contributed by atoms with van der Waals surface area (Å²) in [6.45, 7) is 0.543. The number of pyridine rings is 1. The number of nitriles is 1. The minimum atomic E-state index is 0.269. The molecular weight excluding hydrogens is 297 g/mol. The molecule has 0 aliphatic rings. The molecule has 2 N–H and O–H groups in total. The van der Waals surface area contributed by atoms with Crippen molar-refractivity contribution in [2.75, 3.05) is 0 Å². The van der Waals surface area contributed by atoms with E-state index < -0.39 is 0 Å². The van der Waals surface area contributed by atoms with Crippen molar-refractivity contribution in [2.24, 2.45) is 5.73 Å². The number of hydrogen-bond donors (Lipinski definition) is 1. The monoisotopic (exact) mass is 307 g/mol. The van der Waals surface area contributed by atoms with E-state index >= 15 is 0 Å². The Bertz CT molecular complexity index is 668. The van der Waals surface area contributed by atoms with Crippen molar-refractivity contribution in [3.63, 3.8) is 0 Å². The van der Waals surface area contributed by atoms with Gasteiger partial charge in [0, 0.05) is 23.3 Å². The summed E-state index contributed by atoms with van der Waals surface area (Å²) in [7, 11) is 0. The largest absolute Gasteiger partial charge is 0.487 e. The fourth-order valence-corrected chi connectivity index (χ4v) is 2.30. The molecule has 1 heterocycles. The van der Waals surface area contributed by atoms with Gasteiger partial charge in [0.25, 0.3) is 0 Å². The number of ether oxygens (including phenoxy) is 1. The van der Waals surface area contributed by atoms with Gasteiger partial charge in [0.2, 0.25) is 0 Å². The van der Waals surface area contributed by atoms with Crippen molar-refractivity contribution in [2.45, 2.75) is 13.2 Å². The molecule has 0 atom stereocenters. The number of rotatable bonds is 4. The van der Waals surface area contributed by atoms with Crippen LogP contribution in [0, 0.1) is 11.3 Å². The van der Waals surface area contributed by atoms with E-state index in [1.807, 2.05) is 6.07 Å². The first-order valence-corrected chi connectivity index (χ1v) is 6.55. The third kappa shape index (κ3) is 3.40. The Kier molecular flexibility index (Phi) is 4.80. The van der Waals surface area contributed by atoms with Crippen molar-refractivity contribution in [3.8, 4) is 11.8 Å². The minimum Gasteiger partial charge on any atom is -0.487 e. The molecule has 0 bridgehead atoms. The number of hydrogen-bond acceptors (Lipinski definition) is 4. The van der Waals surface area contributed by atoms with E-state index in [4.69, 9.17) is 38.9 Å². The van der Waals surface area contributed by atoms with Crippen LogP contribution in [0.15, 0.2) is 30.5 Å². The van der Waals surface area contributed by atoms with E-state index in [9.17, 15) is 0 Å². The molecule has 0 saturated heterocycles. The smallest absolute Gasteiger partial charge is 0.142 e. The molecule has 1 aromatic heterocycles. The Morgan fingerprint density at radius 1 is 1.30 bits per heavy atom. The highest BCUT2D eigenvalue weighted by Gasteiger charge is 2.10. The molecule has 0 amide bonds. The summed E-state index contributed by atoms with van der Waals surface area (Å²) in [5, 5.41) is 9.72. The van der Waals surface area contributed by atoms with Gasteiger partial charge in [-0.05, 0) is 29.8 Å². The number of benzene rings is 1. The molecule has 0 saturated carbocycles. The van der Waals surface area contributed by atoms with Crippen molar-refractivity contribution in [1.29, 1.82) is 5.26 Å². The van der Waals surface area contributed by atoms with Crippen LogP contribution in [0.25, 0.3) is 0 Å². The van der Waals surface area contributed by atoms with Crippen LogP contribution in [0.3, 0.4) is 0 Å². The number of aromatic nitrogens is 1. The molecule has 0 radical (unpaired) electrons. The number of nitrogens with zero attached hydrogens (tertiary/aromatic N) is 2. The van der Waals surface area contributed by atoms with Crippen LogP contribution in [0.1, 0.15) is 16.8 Å². The summed E-state index contributed by atoms with van der Waals surface area (Å²) in [6.07, 6.45) is 1.56. The Hall–Kier alpha value is -1.80. The summed E-state index contributed by atoms with van der Waals surface area (Å²) in [5.74, 6) is 0.508. The van der Waals surface area contributed by atoms with Gasteiger partial charge in [0.15, 0.2) is 0 Å². The zero-order valence-corrected chi connectivity index (χ0v) is 11.9. The van der Waals surface area contributed by atoms with Gasteiger partial charge in [-0.15, -0.1) is 0 Å². The topological polar surface area (TPSA) is 71.9 Å². The lowest BCUT2D eigenvalue weighted by Crippen LogP contribution is -2.04. The highest BCUT2D eigenvalue weighted by molar-refractivity contribution is 6.35. The van der Waals surface area contributed by atoms with Crippen LogP contribution < -0.4 is 10.5 Å². The van der Waals surface area contributed by atoms with Gasteiger partial charge in [-0.25, -0.2) is 4.98 Å². The van der Waals surface area contributed by atoms with Crippen LogP contribution in [-0.4, -0.2) is 4.98 Å². The van der Waals surface area contributed by atoms with Crippen molar-refractivity contribution < 1.29 is 4.74 Å². The first-order valence-electron chi connectivity index (χ1n) is 5.80. The highest BCUT2D eigenvalue weighted by Crippen LogP contribution is 2.32. The van der Waals surface area contributed by atoms with E-state index in [1.165, 1.54) is 0 Å². The van der Waals surface area contributed by atoms with E-state index in [1.54, 1.807) is 30.5 Å². The van der Waals surface area contributed by atoms with Crippen LogP contribution in [-0.2, 0) is 13.2 Å². The van der Waals surface area contributed by atoms with Gasteiger partial charge < -0.3 is 10.5 Å². The van der Waals surface area contributed by atoms with Gasteiger partial charge in [-0.2, -0.15) is 5.26 Å². The molecule has 4 nitrogen and oxygen atoms in total. The minimum absolute atomic E-state index is 0.269. The number of nitrogens with two attached hydrogens (primary N) is 1. The van der Waals surface area contributed by atoms with Gasteiger partial charge in [-0.3, -0.25) is 0 Å². The third-order valence-electron chi connectivity index (χ3n) is 2.63. The predicted octanol–water partition coefficient (Wildman–Crippen LogP) is 3.30. The molecule has 0 unspecified atom stereocenters. The van der Waals surface area contributed by atoms with Crippen molar-refractivity contribution in [1.82, 2.24) is 4.98 Å². The van der Waals surface area contributed by atoms with Crippen LogP contribution in [0.5, 0.6) is 5.75 Å².